The minimum Gasteiger partial charge on any atom is -0.492 e. The summed E-state index contributed by atoms with van der Waals surface area (Å²) in [7, 11) is -3.85. The van der Waals surface area contributed by atoms with Gasteiger partial charge in [0.25, 0.3) is 5.56 Å². The Balaban J connectivity index is 1.80. The molecule has 150 valence electrons. The predicted octanol–water partition coefficient (Wildman–Crippen LogP) is 1.67. The van der Waals surface area contributed by atoms with Crippen molar-refractivity contribution in [3.8, 4) is 5.75 Å². The lowest BCUT2D eigenvalue weighted by Crippen LogP contribution is -2.36. The largest absolute Gasteiger partial charge is 0.492 e. The maximum atomic E-state index is 12.7. The highest BCUT2D eigenvalue weighted by Crippen LogP contribution is 2.23. The van der Waals surface area contributed by atoms with E-state index in [2.05, 4.69) is 5.32 Å². The zero-order valence-corrected chi connectivity index (χ0v) is 16.4. The third-order valence-corrected chi connectivity index (χ3v) is 6.35. The fourth-order valence-electron chi connectivity index (χ4n) is 3.10. The van der Waals surface area contributed by atoms with Gasteiger partial charge in [-0.3, -0.25) is 9.59 Å². The molecule has 1 aliphatic heterocycles. The van der Waals surface area contributed by atoms with Gasteiger partial charge in [-0.25, -0.2) is 8.42 Å². The van der Waals surface area contributed by atoms with Crippen LogP contribution in [0, 0.1) is 0 Å². The van der Waals surface area contributed by atoms with Gasteiger partial charge in [-0.2, -0.15) is 4.31 Å². The number of nitrogens with zero attached hydrogens (tertiary/aromatic N) is 2. The first-order valence-corrected chi connectivity index (χ1v) is 10.6. The van der Waals surface area contributed by atoms with Crippen LogP contribution in [0.1, 0.15) is 19.8 Å². The number of amides is 1. The van der Waals surface area contributed by atoms with Gasteiger partial charge in [0.2, 0.25) is 15.9 Å². The zero-order chi connectivity index (χ0) is 20.1. The molecule has 2 heterocycles. The van der Waals surface area contributed by atoms with E-state index in [4.69, 9.17) is 4.74 Å². The number of pyridine rings is 1. The summed E-state index contributed by atoms with van der Waals surface area (Å²) in [6.45, 7) is 2.80. The van der Waals surface area contributed by atoms with Crippen molar-refractivity contribution in [2.24, 2.45) is 0 Å². The molecule has 1 fully saturated rings. The quantitative estimate of drug-likeness (QED) is 0.756. The number of carbonyl (C=O) groups excluding carboxylic acids is 1. The van der Waals surface area contributed by atoms with Crippen LogP contribution in [0.4, 0.5) is 5.69 Å². The summed E-state index contributed by atoms with van der Waals surface area (Å²) in [6.07, 6.45) is 2.96. The van der Waals surface area contributed by atoms with Gasteiger partial charge in [0.15, 0.2) is 0 Å². The van der Waals surface area contributed by atoms with Crippen molar-refractivity contribution in [1.82, 2.24) is 8.87 Å². The van der Waals surface area contributed by atoms with Crippen LogP contribution in [-0.2, 0) is 21.4 Å². The highest BCUT2D eigenvalue weighted by Gasteiger charge is 2.30. The Labute approximate surface area is 163 Å². The number of benzene rings is 1. The van der Waals surface area contributed by atoms with Crippen molar-refractivity contribution in [3.05, 3.63) is 52.9 Å². The molecule has 0 aliphatic carbocycles. The highest BCUT2D eigenvalue weighted by atomic mass is 32.2. The first-order chi connectivity index (χ1) is 13.4. The van der Waals surface area contributed by atoms with E-state index in [1.165, 1.54) is 22.6 Å². The number of anilines is 1. The highest BCUT2D eigenvalue weighted by molar-refractivity contribution is 7.89. The molecule has 0 radical (unpaired) electrons. The number of nitrogens with one attached hydrogen (secondary N) is 1. The molecule has 1 N–H and O–H groups in total. The lowest BCUT2D eigenvalue weighted by Gasteiger charge is -2.16. The van der Waals surface area contributed by atoms with Crippen LogP contribution >= 0.6 is 0 Å². The van der Waals surface area contributed by atoms with Gasteiger partial charge in [-0.05, 0) is 44.0 Å². The number of carbonyl (C=O) groups is 1. The minimum atomic E-state index is -3.85. The van der Waals surface area contributed by atoms with Crippen molar-refractivity contribution in [2.75, 3.05) is 25.0 Å². The molecule has 2 aromatic rings. The molecule has 0 unspecified atom stereocenters. The summed E-state index contributed by atoms with van der Waals surface area (Å²) in [5.74, 6) is 0.0704. The molecule has 1 aliphatic rings. The maximum Gasteiger partial charge on any atom is 0.271 e. The number of para-hydroxylation sites is 2. The van der Waals surface area contributed by atoms with Gasteiger partial charge in [-0.1, -0.05) is 12.1 Å². The average molecular weight is 405 g/mol. The number of ether oxygens (including phenoxy) is 1. The van der Waals surface area contributed by atoms with Crippen LogP contribution in [0.15, 0.2) is 52.3 Å². The van der Waals surface area contributed by atoms with Crippen LogP contribution in [0.5, 0.6) is 5.75 Å². The molecular formula is C19H23N3O5S. The molecule has 1 aromatic carbocycles. The van der Waals surface area contributed by atoms with E-state index >= 15 is 0 Å². The van der Waals surface area contributed by atoms with Gasteiger partial charge in [0.1, 0.15) is 17.2 Å². The van der Waals surface area contributed by atoms with E-state index in [9.17, 15) is 18.0 Å². The Hall–Kier alpha value is -2.65. The first-order valence-electron chi connectivity index (χ1n) is 9.14. The molecule has 3 rings (SSSR count). The van der Waals surface area contributed by atoms with Crippen molar-refractivity contribution in [3.63, 3.8) is 0 Å². The summed E-state index contributed by atoms with van der Waals surface area (Å²) in [5, 5.41) is 2.70. The molecule has 0 saturated carbocycles. The van der Waals surface area contributed by atoms with Crippen LogP contribution in [-0.4, -0.2) is 42.9 Å². The second-order valence-corrected chi connectivity index (χ2v) is 8.30. The van der Waals surface area contributed by atoms with E-state index in [0.29, 0.717) is 31.1 Å². The van der Waals surface area contributed by atoms with Crippen LogP contribution in [0.25, 0.3) is 0 Å². The normalized spacial score (nSPS) is 14.8. The molecule has 1 aromatic heterocycles. The van der Waals surface area contributed by atoms with Gasteiger partial charge in [0.05, 0.1) is 12.3 Å². The van der Waals surface area contributed by atoms with Gasteiger partial charge in [0, 0.05) is 19.3 Å². The van der Waals surface area contributed by atoms with Crippen LogP contribution in [0.2, 0.25) is 0 Å². The summed E-state index contributed by atoms with van der Waals surface area (Å²) in [4.78, 5) is 24.8. The summed E-state index contributed by atoms with van der Waals surface area (Å²) >= 11 is 0. The van der Waals surface area contributed by atoms with Crippen LogP contribution in [0.3, 0.4) is 0 Å². The van der Waals surface area contributed by atoms with Crippen molar-refractivity contribution in [2.45, 2.75) is 31.2 Å². The fraction of sp³-hybridized carbons (Fsp3) is 0.368. The number of rotatable bonds is 7. The average Bonchev–Trinajstić information content (AvgIpc) is 3.21. The summed E-state index contributed by atoms with van der Waals surface area (Å²) in [6, 6.07) is 9.72. The van der Waals surface area contributed by atoms with E-state index in [1.807, 2.05) is 6.92 Å². The molecule has 28 heavy (non-hydrogen) atoms. The van der Waals surface area contributed by atoms with E-state index < -0.39 is 21.5 Å². The van der Waals surface area contributed by atoms with Gasteiger partial charge < -0.3 is 14.6 Å². The van der Waals surface area contributed by atoms with E-state index in [0.717, 1.165) is 17.4 Å². The minimum absolute atomic E-state index is 0.303. The predicted molar refractivity (Wildman–Crippen MR) is 105 cm³/mol. The number of aromatic nitrogens is 1. The topological polar surface area (TPSA) is 97.7 Å². The smallest absolute Gasteiger partial charge is 0.271 e. The van der Waals surface area contributed by atoms with Crippen LogP contribution < -0.4 is 15.6 Å². The molecule has 1 amide bonds. The summed E-state index contributed by atoms with van der Waals surface area (Å²) in [5.41, 5.74) is -0.217. The fourth-order valence-corrected chi connectivity index (χ4v) is 4.70. The lowest BCUT2D eigenvalue weighted by atomic mass is 10.3. The second kappa shape index (κ2) is 8.57. The summed E-state index contributed by atoms with van der Waals surface area (Å²) < 4.78 is 33.3. The Morgan fingerprint density at radius 3 is 2.57 bits per heavy atom. The number of sulfonamides is 1. The number of hydrogen-bond acceptors (Lipinski definition) is 5. The SMILES string of the molecule is CCOc1ccccc1NC(=O)Cn1cccc(S(=O)(=O)N2CCCC2)c1=O. The zero-order valence-electron chi connectivity index (χ0n) is 15.6. The standard InChI is InChI=1S/C19H23N3O5S/c1-2-27-16-9-4-3-8-15(16)20-18(23)14-21-11-7-10-17(19(21)24)28(25,26)22-12-5-6-13-22/h3-4,7-11H,2,5-6,12-14H2,1H3,(H,20,23). The maximum absolute atomic E-state index is 12.7. The molecule has 9 heteroatoms. The first kappa shape index (κ1) is 20.1. The Morgan fingerprint density at radius 1 is 1.14 bits per heavy atom. The van der Waals surface area contributed by atoms with Crippen molar-refractivity contribution < 1.29 is 17.9 Å². The Bertz CT molecular complexity index is 1010. The molecule has 8 nitrogen and oxygen atoms in total. The molecule has 0 atom stereocenters. The lowest BCUT2D eigenvalue weighted by molar-refractivity contribution is -0.116. The molecule has 0 bridgehead atoms. The van der Waals surface area contributed by atoms with E-state index in [-0.39, 0.29) is 11.4 Å². The molecular weight excluding hydrogens is 382 g/mol. The van der Waals surface area contributed by atoms with Crippen molar-refractivity contribution >= 4 is 21.6 Å². The van der Waals surface area contributed by atoms with Gasteiger partial charge in [-0.15, -0.1) is 0 Å². The number of hydrogen-bond donors (Lipinski definition) is 1. The Kier molecular flexibility index (Phi) is 6.15. The third kappa shape index (κ3) is 4.26. The molecule has 0 spiro atoms. The Morgan fingerprint density at radius 2 is 1.86 bits per heavy atom. The van der Waals surface area contributed by atoms with Crippen molar-refractivity contribution in [1.29, 1.82) is 0 Å². The monoisotopic (exact) mass is 405 g/mol. The second-order valence-electron chi connectivity index (χ2n) is 6.39. The third-order valence-electron chi connectivity index (χ3n) is 4.44. The molecule has 1 saturated heterocycles. The van der Waals surface area contributed by atoms with Gasteiger partial charge >= 0.3 is 0 Å². The van der Waals surface area contributed by atoms with E-state index in [1.54, 1.807) is 24.3 Å².